The summed E-state index contributed by atoms with van der Waals surface area (Å²) in [7, 11) is 0. The van der Waals surface area contributed by atoms with E-state index in [-0.39, 0.29) is 24.4 Å². The average Bonchev–Trinajstić information content (AvgIpc) is 3.42. The smallest absolute Gasteiger partial charge is 0.291 e. The van der Waals surface area contributed by atoms with E-state index in [1.807, 2.05) is 41.8 Å². The lowest BCUT2D eigenvalue weighted by molar-refractivity contribution is -0.134. The fraction of sp³-hybridized carbons (Fsp3) is 0.480. The summed E-state index contributed by atoms with van der Waals surface area (Å²) >= 11 is 0. The van der Waals surface area contributed by atoms with Crippen molar-refractivity contribution in [2.75, 3.05) is 0 Å². The monoisotopic (exact) mass is 434 g/mol. The highest BCUT2D eigenvalue weighted by Crippen LogP contribution is 2.34. The molecule has 2 aromatic heterocycles. The van der Waals surface area contributed by atoms with E-state index in [0.29, 0.717) is 30.0 Å². The highest BCUT2D eigenvalue weighted by atomic mass is 16.3. The van der Waals surface area contributed by atoms with Gasteiger partial charge in [-0.25, -0.2) is 4.98 Å². The molecule has 1 fully saturated rings. The Balaban J connectivity index is 1.53. The minimum Gasteiger partial charge on any atom is -0.467 e. The molecule has 2 aliphatic rings. The Morgan fingerprint density at radius 2 is 2.03 bits per heavy atom. The molecule has 0 bridgehead atoms. The standard InChI is InChI=1S/C25H30N4O3/c1-16-8-6-11-19(17(16)2)27-24(31)25(3)15-28-21-12-5-4-10-20(21)26-22(28)23(30)29(25)14-18-9-7-13-32-18/h4-5,7,9-10,12-13,16-17,19H,6,8,11,14-15H2,1-3H3,(H,27,31)/t16-,17+,19+,25-/m1/s1. The maximum Gasteiger partial charge on any atom is 0.291 e. The number of rotatable bonds is 4. The number of hydrogen-bond acceptors (Lipinski definition) is 4. The van der Waals surface area contributed by atoms with Crippen LogP contribution in [0.2, 0.25) is 0 Å². The molecule has 32 heavy (non-hydrogen) atoms. The number of aromatic nitrogens is 2. The SMILES string of the molecule is C[C@H]1[C@H](C)CCC[C@@H]1NC(=O)[C@@]1(C)Cn2c(nc3ccccc32)C(=O)N1Cc1ccco1. The Morgan fingerprint density at radius 1 is 1.22 bits per heavy atom. The van der Waals surface area contributed by atoms with E-state index < -0.39 is 5.54 Å². The molecule has 7 heteroatoms. The van der Waals surface area contributed by atoms with Crippen LogP contribution in [-0.2, 0) is 17.9 Å². The number of carbonyl (C=O) groups excluding carboxylic acids is 2. The van der Waals surface area contributed by atoms with Crippen LogP contribution < -0.4 is 5.32 Å². The number of amides is 2. The zero-order chi connectivity index (χ0) is 22.5. The Kier molecular flexibility index (Phi) is 5.07. The van der Waals surface area contributed by atoms with Crippen LogP contribution in [0.25, 0.3) is 11.0 Å². The maximum atomic E-state index is 13.8. The summed E-state index contributed by atoms with van der Waals surface area (Å²) in [6, 6.07) is 11.4. The highest BCUT2D eigenvalue weighted by molar-refractivity contribution is 6.01. The third-order valence-electron chi connectivity index (χ3n) is 7.56. The van der Waals surface area contributed by atoms with Crippen molar-refractivity contribution in [3.8, 4) is 0 Å². The summed E-state index contributed by atoms with van der Waals surface area (Å²) in [5.74, 6) is 1.60. The normalized spacial score (nSPS) is 28.0. The summed E-state index contributed by atoms with van der Waals surface area (Å²) in [4.78, 5) is 33.7. The lowest BCUT2D eigenvalue weighted by Gasteiger charge is -2.45. The molecule has 1 aromatic carbocycles. The maximum absolute atomic E-state index is 13.8. The first kappa shape index (κ1) is 20.8. The molecule has 168 valence electrons. The number of fused-ring (bicyclic) bond motifs is 3. The summed E-state index contributed by atoms with van der Waals surface area (Å²) < 4.78 is 7.42. The molecular weight excluding hydrogens is 404 g/mol. The molecule has 1 N–H and O–H groups in total. The predicted octanol–water partition coefficient (Wildman–Crippen LogP) is 3.98. The first-order valence-electron chi connectivity index (χ1n) is 11.5. The second kappa shape index (κ2) is 7.80. The molecule has 2 amide bonds. The van der Waals surface area contributed by atoms with Gasteiger partial charge in [-0.1, -0.05) is 38.8 Å². The zero-order valence-corrected chi connectivity index (χ0v) is 18.9. The molecule has 0 unspecified atom stereocenters. The molecule has 0 radical (unpaired) electrons. The largest absolute Gasteiger partial charge is 0.467 e. The van der Waals surface area contributed by atoms with E-state index in [0.717, 1.165) is 23.9 Å². The Labute approximate surface area is 187 Å². The van der Waals surface area contributed by atoms with Crippen molar-refractivity contribution >= 4 is 22.8 Å². The van der Waals surface area contributed by atoms with Crippen LogP contribution in [0, 0.1) is 11.8 Å². The molecule has 0 spiro atoms. The zero-order valence-electron chi connectivity index (χ0n) is 18.9. The first-order valence-corrected chi connectivity index (χ1v) is 11.5. The fourth-order valence-electron chi connectivity index (χ4n) is 5.25. The number of hydrogen-bond donors (Lipinski definition) is 1. The molecule has 7 nitrogen and oxygen atoms in total. The lowest BCUT2D eigenvalue weighted by Crippen LogP contribution is -2.65. The van der Waals surface area contributed by atoms with E-state index in [4.69, 9.17) is 4.42 Å². The molecule has 4 atom stereocenters. The molecule has 0 saturated heterocycles. The van der Waals surface area contributed by atoms with Crippen molar-refractivity contribution in [3.63, 3.8) is 0 Å². The number of benzene rings is 1. The van der Waals surface area contributed by atoms with Gasteiger partial charge in [-0.05, 0) is 49.4 Å². The van der Waals surface area contributed by atoms with Crippen molar-refractivity contribution in [2.45, 2.75) is 64.7 Å². The van der Waals surface area contributed by atoms with Gasteiger partial charge in [0.05, 0.1) is 30.4 Å². The molecule has 1 aliphatic heterocycles. The van der Waals surface area contributed by atoms with Gasteiger partial charge < -0.3 is 19.2 Å². The van der Waals surface area contributed by atoms with Crippen molar-refractivity contribution in [3.05, 3.63) is 54.2 Å². The van der Waals surface area contributed by atoms with Crippen LogP contribution in [0.3, 0.4) is 0 Å². The predicted molar refractivity (Wildman–Crippen MR) is 121 cm³/mol. The van der Waals surface area contributed by atoms with Crippen molar-refractivity contribution < 1.29 is 14.0 Å². The Hall–Kier alpha value is -3.09. The van der Waals surface area contributed by atoms with Gasteiger partial charge in [0.15, 0.2) is 5.82 Å². The van der Waals surface area contributed by atoms with E-state index >= 15 is 0 Å². The number of imidazole rings is 1. The average molecular weight is 435 g/mol. The second-order valence-electron chi connectivity index (χ2n) is 9.60. The third kappa shape index (κ3) is 3.31. The summed E-state index contributed by atoms with van der Waals surface area (Å²) in [6.45, 7) is 6.89. The van der Waals surface area contributed by atoms with Crippen LogP contribution in [0.5, 0.6) is 0 Å². The van der Waals surface area contributed by atoms with Crippen LogP contribution in [0.4, 0.5) is 0 Å². The number of furan rings is 1. The topological polar surface area (TPSA) is 80.4 Å². The van der Waals surface area contributed by atoms with E-state index in [9.17, 15) is 9.59 Å². The second-order valence-corrected chi connectivity index (χ2v) is 9.60. The van der Waals surface area contributed by atoms with Crippen LogP contribution in [-0.4, -0.2) is 37.8 Å². The minimum atomic E-state index is -1.07. The van der Waals surface area contributed by atoms with Crippen molar-refractivity contribution in [1.29, 1.82) is 0 Å². The first-order chi connectivity index (χ1) is 15.4. The van der Waals surface area contributed by atoms with Gasteiger partial charge in [-0.15, -0.1) is 0 Å². The summed E-state index contributed by atoms with van der Waals surface area (Å²) in [6.07, 6.45) is 4.86. The molecule has 3 heterocycles. The number of nitrogens with one attached hydrogen (secondary N) is 1. The quantitative estimate of drug-likeness (QED) is 0.673. The van der Waals surface area contributed by atoms with Crippen molar-refractivity contribution in [1.82, 2.24) is 19.8 Å². The molecule has 3 aromatic rings. The minimum absolute atomic E-state index is 0.115. The van der Waals surface area contributed by atoms with Crippen molar-refractivity contribution in [2.24, 2.45) is 11.8 Å². The van der Waals surface area contributed by atoms with E-state index in [1.165, 1.54) is 6.42 Å². The third-order valence-corrected chi connectivity index (χ3v) is 7.56. The lowest BCUT2D eigenvalue weighted by atomic mass is 9.77. The van der Waals surface area contributed by atoms with E-state index in [2.05, 4.69) is 24.1 Å². The van der Waals surface area contributed by atoms with Gasteiger partial charge in [-0.2, -0.15) is 0 Å². The molecule has 1 aliphatic carbocycles. The molecule has 1 saturated carbocycles. The summed E-state index contributed by atoms with van der Waals surface area (Å²) in [5.41, 5.74) is 0.557. The van der Waals surface area contributed by atoms with Gasteiger partial charge in [0, 0.05) is 6.04 Å². The number of para-hydroxylation sites is 2. The van der Waals surface area contributed by atoms with Gasteiger partial charge >= 0.3 is 0 Å². The summed E-state index contributed by atoms with van der Waals surface area (Å²) in [5, 5.41) is 3.31. The number of nitrogens with zero attached hydrogens (tertiary/aromatic N) is 3. The Bertz CT molecular complexity index is 1150. The Morgan fingerprint density at radius 3 is 2.81 bits per heavy atom. The molecule has 5 rings (SSSR count). The van der Waals surface area contributed by atoms with Crippen LogP contribution >= 0.6 is 0 Å². The van der Waals surface area contributed by atoms with Gasteiger partial charge in [0.25, 0.3) is 5.91 Å². The van der Waals surface area contributed by atoms with Gasteiger partial charge in [-0.3, -0.25) is 9.59 Å². The highest BCUT2D eigenvalue weighted by Gasteiger charge is 2.49. The number of carbonyl (C=O) groups is 2. The van der Waals surface area contributed by atoms with E-state index in [1.54, 1.807) is 17.2 Å². The van der Waals surface area contributed by atoms with Gasteiger partial charge in [0.2, 0.25) is 5.91 Å². The van der Waals surface area contributed by atoms with Crippen LogP contribution in [0.15, 0.2) is 47.1 Å². The molecular formula is C25H30N4O3. The van der Waals surface area contributed by atoms with Gasteiger partial charge in [0.1, 0.15) is 11.3 Å². The fourth-order valence-corrected chi connectivity index (χ4v) is 5.25. The van der Waals surface area contributed by atoms with Crippen LogP contribution in [0.1, 0.15) is 56.4 Å².